The lowest BCUT2D eigenvalue weighted by Gasteiger charge is -2.20. The Balaban J connectivity index is 0.000000386. The first kappa shape index (κ1) is 23.5. The van der Waals surface area contributed by atoms with Crippen LogP contribution >= 0.6 is 0 Å². The number of hydrogen-bond donors (Lipinski definition) is 3. The van der Waals surface area contributed by atoms with Crippen LogP contribution in [-0.4, -0.2) is 35.2 Å². The van der Waals surface area contributed by atoms with Crippen LogP contribution in [0.5, 0.6) is 0 Å². The summed E-state index contributed by atoms with van der Waals surface area (Å²) in [7, 11) is 2.19. The van der Waals surface area contributed by atoms with Crippen molar-refractivity contribution in [1.29, 1.82) is 0 Å². The molecule has 1 aliphatic heterocycles. The van der Waals surface area contributed by atoms with Gasteiger partial charge in [0.05, 0.1) is 22.6 Å². The van der Waals surface area contributed by atoms with Gasteiger partial charge in [0, 0.05) is 5.56 Å². The fraction of sp³-hybridized carbons (Fsp3) is 0.444. The van der Waals surface area contributed by atoms with Gasteiger partial charge in [-0.3, -0.25) is 0 Å². The van der Waals surface area contributed by atoms with E-state index >= 15 is 0 Å². The molecule has 0 unspecified atom stereocenters. The number of likely N-dealkylation sites (tertiary alicyclic amines) is 1. The van der Waals surface area contributed by atoms with Crippen LogP contribution in [0.3, 0.4) is 0 Å². The summed E-state index contributed by atoms with van der Waals surface area (Å²) in [6, 6.07) is 2.02. The first-order chi connectivity index (χ1) is 13.8. The quantitative estimate of drug-likeness (QED) is 0.460. The van der Waals surface area contributed by atoms with E-state index in [0.29, 0.717) is 12.1 Å². The Kier molecular flexibility index (Phi) is 7.01. The van der Waals surface area contributed by atoms with Gasteiger partial charge in [0.25, 0.3) is 0 Å². The molecule has 1 aliphatic rings. The number of nitrogen functional groups attached to an aromatic ring is 3. The van der Waals surface area contributed by atoms with Crippen molar-refractivity contribution < 1.29 is 26.3 Å². The monoisotopic (exact) mass is 436 g/mol. The van der Waals surface area contributed by atoms with Crippen molar-refractivity contribution in [3.05, 3.63) is 29.3 Å². The van der Waals surface area contributed by atoms with Crippen LogP contribution in [0.4, 0.5) is 43.5 Å². The second kappa shape index (κ2) is 8.94. The van der Waals surface area contributed by atoms with E-state index < -0.39 is 46.4 Å². The lowest BCUT2D eigenvalue weighted by Crippen LogP contribution is -2.24. The normalized spacial score (nSPS) is 15.4. The van der Waals surface area contributed by atoms with Crippen molar-refractivity contribution in [2.45, 2.75) is 31.6 Å². The standard InChI is InChI=1S/C12H9F6N5.C6H13N/c13-11(14,15)5-2-1-4(8(19)9(5)20)7-3-6(12(16,17)18)10(21)23-22-7;1-7-5-3-2-4-6-7/h1-3H,19-20H2,(H2,21,23);2-6H2,1H3. The molecule has 2 heterocycles. The summed E-state index contributed by atoms with van der Waals surface area (Å²) in [5.74, 6) is -0.861. The Labute approximate surface area is 169 Å². The van der Waals surface area contributed by atoms with Gasteiger partial charge in [-0.1, -0.05) is 6.42 Å². The van der Waals surface area contributed by atoms with Gasteiger partial charge < -0.3 is 22.1 Å². The summed E-state index contributed by atoms with van der Waals surface area (Å²) < 4.78 is 76.5. The predicted molar refractivity (Wildman–Crippen MR) is 102 cm³/mol. The SMILES string of the molecule is CN1CCCCC1.Nc1nnc(-c2ccc(C(F)(F)F)c(N)c2N)cc1C(F)(F)F. The second-order valence-electron chi connectivity index (χ2n) is 6.88. The molecule has 6 nitrogen and oxygen atoms in total. The van der Waals surface area contributed by atoms with Crippen molar-refractivity contribution >= 4 is 17.2 Å². The van der Waals surface area contributed by atoms with E-state index in [1.165, 1.54) is 32.4 Å². The molecule has 1 aromatic heterocycles. The highest BCUT2D eigenvalue weighted by Gasteiger charge is 2.36. The van der Waals surface area contributed by atoms with Crippen molar-refractivity contribution in [2.75, 3.05) is 37.3 Å². The third-order valence-electron chi connectivity index (χ3n) is 4.58. The number of nitrogens with zero attached hydrogens (tertiary/aromatic N) is 3. The summed E-state index contributed by atoms with van der Waals surface area (Å²) in [5, 5.41) is 6.58. The topological polar surface area (TPSA) is 107 Å². The number of benzene rings is 1. The number of hydrogen-bond acceptors (Lipinski definition) is 6. The number of piperidine rings is 1. The molecule has 0 radical (unpaired) electrons. The highest BCUT2D eigenvalue weighted by molar-refractivity contribution is 5.85. The van der Waals surface area contributed by atoms with Crippen molar-refractivity contribution in [3.63, 3.8) is 0 Å². The Morgan fingerprint density at radius 3 is 1.83 bits per heavy atom. The van der Waals surface area contributed by atoms with Crippen molar-refractivity contribution in [1.82, 2.24) is 15.1 Å². The van der Waals surface area contributed by atoms with E-state index in [4.69, 9.17) is 17.2 Å². The largest absolute Gasteiger partial charge is 0.420 e. The number of anilines is 3. The molecule has 166 valence electrons. The molecule has 1 aromatic carbocycles. The summed E-state index contributed by atoms with van der Waals surface area (Å²) >= 11 is 0. The zero-order valence-corrected chi connectivity index (χ0v) is 16.1. The molecule has 0 saturated carbocycles. The Morgan fingerprint density at radius 1 is 0.800 bits per heavy atom. The third kappa shape index (κ3) is 5.65. The number of nitrogens with two attached hydrogens (primary N) is 3. The Morgan fingerprint density at radius 2 is 1.37 bits per heavy atom. The van der Waals surface area contributed by atoms with Crippen molar-refractivity contribution in [3.8, 4) is 11.3 Å². The molecule has 30 heavy (non-hydrogen) atoms. The highest BCUT2D eigenvalue weighted by atomic mass is 19.4. The fourth-order valence-corrected chi connectivity index (χ4v) is 2.92. The summed E-state index contributed by atoms with van der Waals surface area (Å²) in [5.41, 5.74) is 11.5. The van der Waals surface area contributed by atoms with Crippen LogP contribution in [0.25, 0.3) is 11.3 Å². The van der Waals surface area contributed by atoms with Crippen molar-refractivity contribution in [2.24, 2.45) is 0 Å². The lowest BCUT2D eigenvalue weighted by molar-refractivity contribution is -0.137. The second-order valence-corrected chi connectivity index (χ2v) is 6.88. The molecule has 0 bridgehead atoms. The Hall–Kier alpha value is -2.76. The van der Waals surface area contributed by atoms with Gasteiger partial charge in [-0.05, 0) is 51.2 Å². The minimum Gasteiger partial charge on any atom is -0.397 e. The first-order valence-electron chi connectivity index (χ1n) is 8.96. The smallest absolute Gasteiger partial charge is 0.397 e. The van der Waals surface area contributed by atoms with Crippen LogP contribution in [-0.2, 0) is 12.4 Å². The van der Waals surface area contributed by atoms with Crippen LogP contribution < -0.4 is 17.2 Å². The minimum absolute atomic E-state index is 0.214. The van der Waals surface area contributed by atoms with Crippen LogP contribution in [0, 0.1) is 0 Å². The van der Waals surface area contributed by atoms with Gasteiger partial charge in [0.15, 0.2) is 5.82 Å². The summed E-state index contributed by atoms with van der Waals surface area (Å²) in [4.78, 5) is 2.39. The molecule has 1 saturated heterocycles. The maximum atomic E-state index is 12.8. The Bertz CT molecular complexity index is 875. The molecule has 2 aromatic rings. The molecular weight excluding hydrogens is 414 g/mol. The van der Waals surface area contributed by atoms with Gasteiger partial charge in [-0.2, -0.15) is 26.3 Å². The number of halogens is 6. The predicted octanol–water partition coefficient (Wildman–Crippen LogP) is 4.03. The maximum absolute atomic E-state index is 12.8. The number of rotatable bonds is 1. The third-order valence-corrected chi connectivity index (χ3v) is 4.58. The van der Waals surface area contributed by atoms with Gasteiger partial charge in [-0.25, -0.2) is 0 Å². The van der Waals surface area contributed by atoms with E-state index in [1.807, 2.05) is 0 Å². The summed E-state index contributed by atoms with van der Waals surface area (Å²) in [6.45, 7) is 2.64. The highest BCUT2D eigenvalue weighted by Crippen LogP contribution is 2.41. The molecule has 0 aliphatic carbocycles. The van der Waals surface area contributed by atoms with Gasteiger partial charge >= 0.3 is 12.4 Å². The molecule has 12 heteroatoms. The zero-order valence-electron chi connectivity index (χ0n) is 16.1. The van der Waals surface area contributed by atoms with Gasteiger partial charge in [-0.15, -0.1) is 10.2 Å². The summed E-state index contributed by atoms with van der Waals surface area (Å²) in [6.07, 6.45) is -5.28. The van der Waals surface area contributed by atoms with E-state index in [0.717, 1.165) is 6.07 Å². The lowest BCUT2D eigenvalue weighted by atomic mass is 10.0. The average Bonchev–Trinajstić information content (AvgIpc) is 2.64. The zero-order chi connectivity index (χ0) is 22.7. The molecular formula is C18H22F6N6. The van der Waals surface area contributed by atoms with Gasteiger partial charge in [0.2, 0.25) is 0 Å². The van der Waals surface area contributed by atoms with E-state index in [9.17, 15) is 26.3 Å². The molecule has 0 spiro atoms. The van der Waals surface area contributed by atoms with E-state index in [1.54, 1.807) is 0 Å². The molecule has 3 rings (SSSR count). The molecule has 0 atom stereocenters. The van der Waals surface area contributed by atoms with Gasteiger partial charge in [0.1, 0.15) is 5.56 Å². The maximum Gasteiger partial charge on any atom is 0.420 e. The van der Waals surface area contributed by atoms with Crippen LogP contribution in [0.2, 0.25) is 0 Å². The molecule has 6 N–H and O–H groups in total. The van der Waals surface area contributed by atoms with Crippen LogP contribution in [0.1, 0.15) is 30.4 Å². The molecule has 1 fully saturated rings. The van der Waals surface area contributed by atoms with E-state index in [-0.39, 0.29) is 5.56 Å². The molecule has 0 amide bonds. The first-order valence-corrected chi connectivity index (χ1v) is 8.96. The van der Waals surface area contributed by atoms with Crippen LogP contribution in [0.15, 0.2) is 18.2 Å². The fourth-order valence-electron chi connectivity index (χ4n) is 2.92. The van der Waals surface area contributed by atoms with E-state index in [2.05, 4.69) is 22.1 Å². The number of alkyl halides is 6. The average molecular weight is 436 g/mol. The number of aromatic nitrogens is 2. The minimum atomic E-state index is -4.80.